The average Bonchev–Trinajstić information content (AvgIpc) is 2.92. The number of amides is 1. The Hall–Kier alpha value is -2.34. The Balaban J connectivity index is 1.97. The van der Waals surface area contributed by atoms with Crippen LogP contribution in [0, 0.1) is 0 Å². The van der Waals surface area contributed by atoms with Crippen LogP contribution in [0.15, 0.2) is 24.3 Å². The van der Waals surface area contributed by atoms with E-state index in [4.69, 9.17) is 14.9 Å². The van der Waals surface area contributed by atoms with Gasteiger partial charge in [0.15, 0.2) is 0 Å². The van der Waals surface area contributed by atoms with Gasteiger partial charge in [-0.3, -0.25) is 4.79 Å². The number of aliphatic carboxylic acids is 1. The van der Waals surface area contributed by atoms with E-state index in [0.717, 1.165) is 23.3 Å². The SMILES string of the molecule is O=C(/C=C/c1ccc2c(c1)CCO2)N[C@H](CCO)C(=O)O. The molecular weight excluding hydrogens is 274 g/mol. The van der Waals surface area contributed by atoms with Gasteiger partial charge in [-0.2, -0.15) is 0 Å². The van der Waals surface area contributed by atoms with Crippen molar-refractivity contribution < 1.29 is 24.5 Å². The molecule has 0 spiro atoms. The summed E-state index contributed by atoms with van der Waals surface area (Å²) in [5, 5.41) is 20.0. The minimum atomic E-state index is -1.17. The molecule has 1 aromatic rings. The van der Waals surface area contributed by atoms with Crippen molar-refractivity contribution in [3.63, 3.8) is 0 Å². The number of ether oxygens (including phenoxy) is 1. The first-order chi connectivity index (χ1) is 10.1. The lowest BCUT2D eigenvalue weighted by Gasteiger charge is -2.11. The first-order valence-electron chi connectivity index (χ1n) is 6.68. The van der Waals surface area contributed by atoms with Crippen LogP contribution in [0.4, 0.5) is 0 Å². The fourth-order valence-electron chi connectivity index (χ4n) is 2.09. The zero-order valence-corrected chi connectivity index (χ0v) is 11.4. The van der Waals surface area contributed by atoms with Crippen LogP contribution >= 0.6 is 0 Å². The standard InChI is InChI=1S/C15H17NO5/c17-7-5-12(15(19)20)16-14(18)4-2-10-1-3-13-11(9-10)6-8-21-13/h1-4,9,12,17H,5-8H2,(H,16,18)(H,19,20)/b4-2+/t12-/m1/s1. The molecule has 2 rings (SSSR count). The van der Waals surface area contributed by atoms with E-state index in [1.807, 2.05) is 18.2 Å². The maximum absolute atomic E-state index is 11.7. The summed E-state index contributed by atoms with van der Waals surface area (Å²) in [6.45, 7) is 0.371. The Labute approximate surface area is 122 Å². The molecule has 0 unspecified atom stereocenters. The van der Waals surface area contributed by atoms with E-state index in [2.05, 4.69) is 5.32 Å². The summed E-state index contributed by atoms with van der Waals surface area (Å²) in [7, 11) is 0. The number of nitrogens with one attached hydrogen (secondary N) is 1. The van der Waals surface area contributed by atoms with Crippen LogP contribution in [0.25, 0.3) is 6.08 Å². The Morgan fingerprint density at radius 3 is 2.95 bits per heavy atom. The molecule has 6 heteroatoms. The second-order valence-electron chi connectivity index (χ2n) is 4.71. The van der Waals surface area contributed by atoms with Gasteiger partial charge >= 0.3 is 5.97 Å². The zero-order valence-electron chi connectivity index (χ0n) is 11.4. The van der Waals surface area contributed by atoms with Gasteiger partial charge in [-0.1, -0.05) is 6.07 Å². The minimum absolute atomic E-state index is 0.0227. The highest BCUT2D eigenvalue weighted by Gasteiger charge is 2.17. The maximum Gasteiger partial charge on any atom is 0.326 e. The van der Waals surface area contributed by atoms with E-state index in [1.165, 1.54) is 6.08 Å². The van der Waals surface area contributed by atoms with Crippen LogP contribution in [0.1, 0.15) is 17.5 Å². The number of rotatable bonds is 6. The highest BCUT2D eigenvalue weighted by Crippen LogP contribution is 2.26. The molecule has 1 aliphatic heterocycles. The molecule has 1 heterocycles. The van der Waals surface area contributed by atoms with Crippen molar-refractivity contribution in [2.24, 2.45) is 0 Å². The van der Waals surface area contributed by atoms with E-state index < -0.39 is 17.9 Å². The molecule has 3 N–H and O–H groups in total. The van der Waals surface area contributed by atoms with Gasteiger partial charge in [-0.25, -0.2) is 4.79 Å². The lowest BCUT2D eigenvalue weighted by atomic mass is 10.1. The summed E-state index contributed by atoms with van der Waals surface area (Å²) >= 11 is 0. The zero-order chi connectivity index (χ0) is 15.2. The summed E-state index contributed by atoms with van der Waals surface area (Å²) in [6.07, 6.45) is 3.72. The molecule has 1 aromatic carbocycles. The number of carboxylic acids is 1. The quantitative estimate of drug-likeness (QED) is 0.667. The molecule has 1 aliphatic rings. The molecule has 6 nitrogen and oxygen atoms in total. The predicted molar refractivity (Wildman–Crippen MR) is 75.9 cm³/mol. The van der Waals surface area contributed by atoms with E-state index in [9.17, 15) is 9.59 Å². The summed E-state index contributed by atoms with van der Waals surface area (Å²) in [4.78, 5) is 22.5. The van der Waals surface area contributed by atoms with Crippen LogP contribution in [0.5, 0.6) is 5.75 Å². The third-order valence-electron chi connectivity index (χ3n) is 3.17. The molecule has 0 aliphatic carbocycles. The number of fused-ring (bicyclic) bond motifs is 1. The largest absolute Gasteiger partial charge is 0.493 e. The van der Waals surface area contributed by atoms with Gasteiger partial charge in [0.05, 0.1) is 6.61 Å². The second kappa shape index (κ2) is 6.90. The van der Waals surface area contributed by atoms with Gasteiger partial charge in [-0.15, -0.1) is 0 Å². The highest BCUT2D eigenvalue weighted by molar-refractivity contribution is 5.94. The summed E-state index contributed by atoms with van der Waals surface area (Å²) < 4.78 is 5.39. The number of carbonyl (C=O) groups excluding carboxylic acids is 1. The van der Waals surface area contributed by atoms with Gasteiger partial charge in [0.2, 0.25) is 5.91 Å². The lowest BCUT2D eigenvalue weighted by molar-refractivity contribution is -0.141. The molecule has 1 amide bonds. The molecule has 112 valence electrons. The Morgan fingerprint density at radius 2 is 2.24 bits per heavy atom. The Bertz CT molecular complexity index is 567. The number of carbonyl (C=O) groups is 2. The molecule has 0 aromatic heterocycles. The Kier molecular flexibility index (Phi) is 4.94. The van der Waals surface area contributed by atoms with Crippen LogP contribution in [0.2, 0.25) is 0 Å². The lowest BCUT2D eigenvalue weighted by Crippen LogP contribution is -2.40. The normalized spacial score (nSPS) is 14.5. The van der Waals surface area contributed by atoms with Crippen molar-refractivity contribution in [1.29, 1.82) is 0 Å². The summed E-state index contributed by atoms with van der Waals surface area (Å²) in [5.41, 5.74) is 1.95. The first kappa shape index (κ1) is 15.1. The first-order valence-corrected chi connectivity index (χ1v) is 6.68. The summed E-state index contributed by atoms with van der Waals surface area (Å²) in [5.74, 6) is -0.807. The van der Waals surface area contributed by atoms with Crippen molar-refractivity contribution in [3.8, 4) is 5.75 Å². The monoisotopic (exact) mass is 291 g/mol. The third kappa shape index (κ3) is 4.06. The van der Waals surface area contributed by atoms with E-state index in [0.29, 0.717) is 6.61 Å². The van der Waals surface area contributed by atoms with Crippen molar-refractivity contribution in [3.05, 3.63) is 35.4 Å². The van der Waals surface area contributed by atoms with Gasteiger partial charge < -0.3 is 20.3 Å². The van der Waals surface area contributed by atoms with Crippen LogP contribution in [-0.2, 0) is 16.0 Å². The molecule has 1 atom stereocenters. The van der Waals surface area contributed by atoms with E-state index in [-0.39, 0.29) is 13.0 Å². The highest BCUT2D eigenvalue weighted by atomic mass is 16.5. The fourth-order valence-corrected chi connectivity index (χ4v) is 2.09. The number of aliphatic hydroxyl groups excluding tert-OH is 1. The van der Waals surface area contributed by atoms with E-state index >= 15 is 0 Å². The number of hydrogen-bond acceptors (Lipinski definition) is 4. The number of carboxylic acid groups (broad SMARTS) is 1. The van der Waals surface area contributed by atoms with Gasteiger partial charge in [0.25, 0.3) is 0 Å². The average molecular weight is 291 g/mol. The number of benzene rings is 1. The smallest absolute Gasteiger partial charge is 0.326 e. The van der Waals surface area contributed by atoms with Crippen LogP contribution in [0.3, 0.4) is 0 Å². The predicted octanol–water partition coefficient (Wildman–Crippen LogP) is 0.586. The fraction of sp³-hybridized carbons (Fsp3) is 0.333. The molecule has 21 heavy (non-hydrogen) atoms. The third-order valence-corrected chi connectivity index (χ3v) is 3.17. The van der Waals surface area contributed by atoms with Gasteiger partial charge in [0.1, 0.15) is 11.8 Å². The van der Waals surface area contributed by atoms with Crippen LogP contribution < -0.4 is 10.1 Å². The molecule has 0 saturated carbocycles. The van der Waals surface area contributed by atoms with Crippen molar-refractivity contribution in [1.82, 2.24) is 5.32 Å². The molecule has 0 saturated heterocycles. The molecule has 0 radical (unpaired) electrons. The number of aliphatic hydroxyl groups is 1. The second-order valence-corrected chi connectivity index (χ2v) is 4.71. The van der Waals surface area contributed by atoms with Crippen molar-refractivity contribution in [2.75, 3.05) is 13.2 Å². The molecular formula is C15H17NO5. The van der Waals surface area contributed by atoms with Gasteiger partial charge in [-0.05, 0) is 29.3 Å². The van der Waals surface area contributed by atoms with Crippen LogP contribution in [-0.4, -0.2) is 41.3 Å². The van der Waals surface area contributed by atoms with Gasteiger partial charge in [0, 0.05) is 25.5 Å². The summed E-state index contributed by atoms with van der Waals surface area (Å²) in [6, 6.07) is 4.54. The molecule has 0 fully saturated rings. The van der Waals surface area contributed by atoms with Crippen molar-refractivity contribution in [2.45, 2.75) is 18.9 Å². The van der Waals surface area contributed by atoms with Crippen molar-refractivity contribution >= 4 is 18.0 Å². The maximum atomic E-state index is 11.7. The minimum Gasteiger partial charge on any atom is -0.493 e. The topological polar surface area (TPSA) is 95.9 Å². The molecule has 0 bridgehead atoms. The van der Waals surface area contributed by atoms with E-state index in [1.54, 1.807) is 6.08 Å². The Morgan fingerprint density at radius 1 is 1.43 bits per heavy atom. The number of hydrogen-bond donors (Lipinski definition) is 3.